The number of benzene rings is 4. The molecule has 0 saturated carbocycles. The first kappa shape index (κ1) is 29.2. The molecule has 8 nitrogen and oxygen atoms in total. The second kappa shape index (κ2) is 12.8. The van der Waals surface area contributed by atoms with Gasteiger partial charge in [0.1, 0.15) is 27.4 Å². The van der Waals surface area contributed by atoms with Crippen LogP contribution in [0.25, 0.3) is 33.4 Å². The standard InChI is InChI=1S/C34H34O8S/c35-27-13-7-23(8-14-27)26-21-30(24-9-15-28(16-10-24)41-32-5-1-3-19-39-32)34(43(36,37)38)31(22-26)25-11-17-29(18-12-25)42-33-6-2-4-20-40-33/h7-18,21-22,32-33,35H,1-6,19-20H2,(H,36,37,38)/p-1. The Hall–Kier alpha value is -3.89. The number of hydrogen-bond acceptors (Lipinski definition) is 8. The Balaban J connectivity index is 1.42. The smallest absolute Gasteiger partial charge is 0.199 e. The van der Waals surface area contributed by atoms with E-state index in [1.165, 1.54) is 0 Å². The molecule has 43 heavy (non-hydrogen) atoms. The molecule has 2 aliphatic heterocycles. The van der Waals surface area contributed by atoms with Gasteiger partial charge < -0.3 is 28.6 Å². The Morgan fingerprint density at radius 1 is 0.628 bits per heavy atom. The molecule has 1 N–H and O–H groups in total. The van der Waals surface area contributed by atoms with Gasteiger partial charge in [-0.3, -0.25) is 0 Å². The molecule has 2 aliphatic rings. The van der Waals surface area contributed by atoms with Gasteiger partial charge in [-0.15, -0.1) is 0 Å². The van der Waals surface area contributed by atoms with Crippen LogP contribution in [0.15, 0.2) is 89.8 Å². The first-order chi connectivity index (χ1) is 20.8. The number of ether oxygens (including phenoxy) is 4. The molecular formula is C34H33O8S-. The highest BCUT2D eigenvalue weighted by Crippen LogP contribution is 2.41. The second-order valence-corrected chi connectivity index (χ2v) is 12.1. The zero-order chi connectivity index (χ0) is 29.8. The van der Waals surface area contributed by atoms with Crippen LogP contribution in [0.3, 0.4) is 0 Å². The van der Waals surface area contributed by atoms with Crippen molar-refractivity contribution in [2.75, 3.05) is 13.2 Å². The van der Waals surface area contributed by atoms with Crippen molar-refractivity contribution in [3.63, 3.8) is 0 Å². The quantitative estimate of drug-likeness (QED) is 0.213. The largest absolute Gasteiger partial charge is 0.744 e. The lowest BCUT2D eigenvalue weighted by molar-refractivity contribution is -0.106. The third kappa shape index (κ3) is 7.02. The molecule has 4 aromatic carbocycles. The fourth-order valence-electron chi connectivity index (χ4n) is 5.49. The normalized spacial score (nSPS) is 19.1. The van der Waals surface area contributed by atoms with Crippen LogP contribution in [0.4, 0.5) is 0 Å². The average molecular weight is 602 g/mol. The van der Waals surface area contributed by atoms with Gasteiger partial charge in [-0.05, 0) is 96.5 Å². The van der Waals surface area contributed by atoms with Crippen LogP contribution in [0.1, 0.15) is 38.5 Å². The van der Waals surface area contributed by atoms with Crippen LogP contribution in [0.5, 0.6) is 17.2 Å². The van der Waals surface area contributed by atoms with E-state index in [1.807, 2.05) is 0 Å². The van der Waals surface area contributed by atoms with E-state index in [0.717, 1.165) is 44.1 Å². The first-order valence-corrected chi connectivity index (χ1v) is 15.9. The maximum absolute atomic E-state index is 12.9. The molecule has 4 aromatic rings. The first-order valence-electron chi connectivity index (χ1n) is 14.5. The van der Waals surface area contributed by atoms with Crippen molar-refractivity contribution in [3.8, 4) is 50.6 Å². The Morgan fingerprint density at radius 2 is 1.07 bits per heavy atom. The lowest BCUT2D eigenvalue weighted by Gasteiger charge is -2.24. The number of hydrogen-bond donors (Lipinski definition) is 1. The molecule has 0 aromatic heterocycles. The third-order valence-electron chi connectivity index (χ3n) is 7.68. The number of phenolic OH excluding ortho intramolecular Hbond substituents is 1. The minimum absolute atomic E-state index is 0.109. The molecule has 224 valence electrons. The number of aromatic hydroxyl groups is 1. The van der Waals surface area contributed by atoms with E-state index in [-0.39, 0.29) is 34.4 Å². The molecule has 2 atom stereocenters. The summed E-state index contributed by atoms with van der Waals surface area (Å²) in [6, 6.07) is 24.0. The summed E-state index contributed by atoms with van der Waals surface area (Å²) in [5.41, 5.74) is 3.06. The topological polar surface area (TPSA) is 114 Å². The van der Waals surface area contributed by atoms with Crippen LogP contribution >= 0.6 is 0 Å². The van der Waals surface area contributed by atoms with E-state index in [4.69, 9.17) is 18.9 Å². The van der Waals surface area contributed by atoms with Gasteiger partial charge in [0.25, 0.3) is 0 Å². The lowest BCUT2D eigenvalue weighted by atomic mass is 9.93. The van der Waals surface area contributed by atoms with Crippen molar-refractivity contribution in [1.29, 1.82) is 0 Å². The zero-order valence-corrected chi connectivity index (χ0v) is 24.4. The molecule has 0 bridgehead atoms. The summed E-state index contributed by atoms with van der Waals surface area (Å²) in [6.07, 6.45) is 5.04. The van der Waals surface area contributed by atoms with E-state index in [9.17, 15) is 18.1 Å². The Morgan fingerprint density at radius 3 is 1.47 bits per heavy atom. The highest BCUT2D eigenvalue weighted by Gasteiger charge is 2.22. The summed E-state index contributed by atoms with van der Waals surface area (Å²) in [6.45, 7) is 1.31. The van der Waals surface area contributed by atoms with E-state index < -0.39 is 10.1 Å². The molecule has 2 saturated heterocycles. The minimum atomic E-state index is -4.92. The van der Waals surface area contributed by atoms with Gasteiger partial charge in [-0.1, -0.05) is 36.4 Å². The van der Waals surface area contributed by atoms with Gasteiger partial charge in [0.15, 0.2) is 12.6 Å². The summed E-state index contributed by atoms with van der Waals surface area (Å²) >= 11 is 0. The summed E-state index contributed by atoms with van der Waals surface area (Å²) in [4.78, 5) is -0.316. The predicted octanol–water partition coefficient (Wildman–Crippen LogP) is 7.11. The Bertz CT molecular complexity index is 1550. The molecule has 2 heterocycles. The van der Waals surface area contributed by atoms with Crippen LogP contribution in [0.2, 0.25) is 0 Å². The second-order valence-electron chi connectivity index (χ2n) is 10.8. The fourth-order valence-corrected chi connectivity index (χ4v) is 6.38. The summed E-state index contributed by atoms with van der Waals surface area (Å²) < 4.78 is 62.0. The summed E-state index contributed by atoms with van der Waals surface area (Å²) in [7, 11) is -4.92. The lowest BCUT2D eigenvalue weighted by Crippen LogP contribution is -2.24. The van der Waals surface area contributed by atoms with Crippen LogP contribution in [-0.4, -0.2) is 43.9 Å². The molecule has 0 aliphatic carbocycles. The maximum atomic E-state index is 12.9. The minimum Gasteiger partial charge on any atom is -0.744 e. The maximum Gasteiger partial charge on any atom is 0.199 e. The van der Waals surface area contributed by atoms with Gasteiger partial charge in [-0.2, -0.15) is 0 Å². The monoisotopic (exact) mass is 601 g/mol. The van der Waals surface area contributed by atoms with Crippen LogP contribution in [-0.2, 0) is 19.6 Å². The molecular weight excluding hydrogens is 568 g/mol. The van der Waals surface area contributed by atoms with Crippen molar-refractivity contribution < 1.29 is 37.0 Å². The van der Waals surface area contributed by atoms with E-state index >= 15 is 0 Å². The Labute approximate surface area is 251 Å². The van der Waals surface area contributed by atoms with Gasteiger partial charge in [0, 0.05) is 24.0 Å². The fraction of sp³-hybridized carbons (Fsp3) is 0.294. The van der Waals surface area contributed by atoms with E-state index in [2.05, 4.69) is 0 Å². The highest BCUT2D eigenvalue weighted by atomic mass is 32.2. The molecule has 0 spiro atoms. The molecule has 2 fully saturated rings. The van der Waals surface area contributed by atoms with Gasteiger partial charge in [0.05, 0.1) is 18.1 Å². The predicted molar refractivity (Wildman–Crippen MR) is 161 cm³/mol. The molecule has 6 rings (SSSR count). The highest BCUT2D eigenvalue weighted by molar-refractivity contribution is 7.86. The number of rotatable bonds is 8. The Kier molecular flexibility index (Phi) is 8.67. The molecule has 0 radical (unpaired) electrons. The number of phenols is 1. The van der Waals surface area contributed by atoms with E-state index in [1.54, 1.807) is 84.9 Å². The average Bonchev–Trinajstić information content (AvgIpc) is 3.02. The zero-order valence-electron chi connectivity index (χ0n) is 23.6. The molecule has 0 amide bonds. The van der Waals surface area contributed by atoms with Crippen molar-refractivity contribution in [2.45, 2.75) is 56.0 Å². The van der Waals surface area contributed by atoms with Crippen molar-refractivity contribution >= 4 is 10.1 Å². The third-order valence-corrected chi connectivity index (χ3v) is 8.62. The van der Waals surface area contributed by atoms with Crippen molar-refractivity contribution in [2.24, 2.45) is 0 Å². The molecule has 9 heteroatoms. The van der Waals surface area contributed by atoms with Crippen LogP contribution in [0, 0.1) is 0 Å². The van der Waals surface area contributed by atoms with Crippen molar-refractivity contribution in [1.82, 2.24) is 0 Å². The van der Waals surface area contributed by atoms with Gasteiger partial charge in [0.2, 0.25) is 0 Å². The summed E-state index contributed by atoms with van der Waals surface area (Å²) in [5.74, 6) is 1.29. The molecule has 2 unspecified atom stereocenters. The van der Waals surface area contributed by atoms with E-state index in [0.29, 0.717) is 41.4 Å². The van der Waals surface area contributed by atoms with Gasteiger partial charge in [-0.25, -0.2) is 8.42 Å². The summed E-state index contributed by atoms with van der Waals surface area (Å²) in [5, 5.41) is 9.84. The SMILES string of the molecule is O=S(=O)([O-])c1c(-c2ccc(OC3CCCCO3)cc2)cc(-c2ccc(O)cc2)cc1-c1ccc(OC2CCCCO2)cc1. The van der Waals surface area contributed by atoms with Crippen molar-refractivity contribution in [3.05, 3.63) is 84.9 Å². The van der Waals surface area contributed by atoms with Gasteiger partial charge >= 0.3 is 0 Å². The van der Waals surface area contributed by atoms with Crippen LogP contribution < -0.4 is 9.47 Å².